The first-order valence-electron chi connectivity index (χ1n) is 7.17. The highest BCUT2D eigenvalue weighted by Crippen LogP contribution is 2.37. The average molecular weight is 481 g/mol. The van der Waals surface area contributed by atoms with Crippen LogP contribution < -0.4 is 19.6 Å². The maximum Gasteiger partial charge on any atom is 0.276 e. The van der Waals surface area contributed by atoms with Gasteiger partial charge in [-0.3, -0.25) is 4.79 Å². The molecule has 0 fully saturated rings. The lowest BCUT2D eigenvalue weighted by atomic mass is 10.2. The molecule has 1 aromatic carbocycles. The molecule has 25 heavy (non-hydrogen) atoms. The molecule has 0 radical (unpaired) electrons. The fourth-order valence-electron chi connectivity index (χ4n) is 2.70. The maximum absolute atomic E-state index is 12.8. The van der Waals surface area contributed by atoms with Gasteiger partial charge in [-0.2, -0.15) is 0 Å². The Labute approximate surface area is 161 Å². The van der Waals surface area contributed by atoms with Gasteiger partial charge in [0.15, 0.2) is 22.1 Å². The largest absolute Gasteiger partial charge is 0.454 e. The van der Waals surface area contributed by atoms with E-state index >= 15 is 0 Å². The molecular weight excluding hydrogens is 474 g/mol. The molecule has 4 aromatic rings. The molecule has 1 aliphatic heterocycles. The second-order valence-corrected chi connectivity index (χ2v) is 8.15. The number of hydrogen-bond donors (Lipinski definition) is 0. The lowest BCUT2D eigenvalue weighted by Crippen LogP contribution is -2.23. The van der Waals surface area contributed by atoms with Crippen molar-refractivity contribution >= 4 is 65.4 Å². The van der Waals surface area contributed by atoms with Crippen LogP contribution in [-0.2, 0) is 0 Å². The Morgan fingerprint density at radius 2 is 2.00 bits per heavy atom. The van der Waals surface area contributed by atoms with E-state index in [1.807, 2.05) is 24.3 Å². The summed E-state index contributed by atoms with van der Waals surface area (Å²) in [5.41, 5.74) is 1.95. The second kappa shape index (κ2) is 5.52. The SMILES string of the molecule is O=c1c(=Cc2cc3c(cc2Br)OCO3)sc2nc3cc(Br)cnc3n12. The number of hydrogen-bond acceptors (Lipinski definition) is 6. The lowest BCUT2D eigenvalue weighted by Gasteiger charge is -2.00. The molecule has 0 spiro atoms. The zero-order valence-electron chi connectivity index (χ0n) is 12.3. The molecule has 0 amide bonds. The summed E-state index contributed by atoms with van der Waals surface area (Å²) in [6.07, 6.45) is 3.48. The van der Waals surface area contributed by atoms with Gasteiger partial charge in [0.25, 0.3) is 5.56 Å². The summed E-state index contributed by atoms with van der Waals surface area (Å²) < 4.78 is 14.5. The minimum Gasteiger partial charge on any atom is -0.454 e. The first-order valence-corrected chi connectivity index (χ1v) is 9.58. The lowest BCUT2D eigenvalue weighted by molar-refractivity contribution is 0.174. The van der Waals surface area contributed by atoms with Gasteiger partial charge in [-0.15, -0.1) is 0 Å². The molecule has 0 bridgehead atoms. The fraction of sp³-hybridized carbons (Fsp3) is 0.0625. The van der Waals surface area contributed by atoms with E-state index in [-0.39, 0.29) is 12.4 Å². The predicted molar refractivity (Wildman–Crippen MR) is 101 cm³/mol. The van der Waals surface area contributed by atoms with Gasteiger partial charge >= 0.3 is 0 Å². The summed E-state index contributed by atoms with van der Waals surface area (Å²) >= 11 is 8.21. The Balaban J connectivity index is 1.75. The molecule has 9 heteroatoms. The van der Waals surface area contributed by atoms with Crippen molar-refractivity contribution in [1.82, 2.24) is 14.4 Å². The van der Waals surface area contributed by atoms with Crippen LogP contribution in [0.4, 0.5) is 0 Å². The van der Waals surface area contributed by atoms with Crippen LogP contribution in [0.3, 0.4) is 0 Å². The number of halogens is 2. The normalized spacial score (nSPS) is 14.1. The number of nitrogens with zero attached hydrogens (tertiary/aromatic N) is 3. The van der Waals surface area contributed by atoms with Crippen molar-refractivity contribution in [2.45, 2.75) is 0 Å². The van der Waals surface area contributed by atoms with E-state index in [0.717, 1.165) is 14.5 Å². The predicted octanol–water partition coefficient (Wildman–Crippen LogP) is 3.11. The van der Waals surface area contributed by atoms with Crippen LogP contribution in [0.15, 0.2) is 38.1 Å². The van der Waals surface area contributed by atoms with Crippen molar-refractivity contribution in [3.8, 4) is 11.5 Å². The molecule has 5 rings (SSSR count). The summed E-state index contributed by atoms with van der Waals surface area (Å²) in [5, 5.41) is 0. The summed E-state index contributed by atoms with van der Waals surface area (Å²) in [6, 6.07) is 5.53. The van der Waals surface area contributed by atoms with Crippen molar-refractivity contribution in [3.05, 3.63) is 53.8 Å². The van der Waals surface area contributed by atoms with Crippen molar-refractivity contribution in [2.75, 3.05) is 6.79 Å². The summed E-state index contributed by atoms with van der Waals surface area (Å²) in [7, 11) is 0. The van der Waals surface area contributed by atoms with Gasteiger partial charge < -0.3 is 9.47 Å². The van der Waals surface area contributed by atoms with Crippen LogP contribution in [-0.4, -0.2) is 21.2 Å². The number of ether oxygens (including phenoxy) is 2. The van der Waals surface area contributed by atoms with Crippen LogP contribution >= 0.6 is 43.2 Å². The van der Waals surface area contributed by atoms with Gasteiger partial charge in [-0.25, -0.2) is 14.4 Å². The minimum absolute atomic E-state index is 0.137. The van der Waals surface area contributed by atoms with Crippen LogP contribution in [0.1, 0.15) is 5.56 Å². The van der Waals surface area contributed by atoms with Gasteiger partial charge in [-0.1, -0.05) is 27.3 Å². The molecule has 0 unspecified atom stereocenters. The highest BCUT2D eigenvalue weighted by molar-refractivity contribution is 9.10. The Morgan fingerprint density at radius 3 is 2.84 bits per heavy atom. The zero-order chi connectivity index (χ0) is 17.1. The van der Waals surface area contributed by atoms with Crippen molar-refractivity contribution in [1.29, 1.82) is 0 Å². The number of thiazole rings is 1. The Hall–Kier alpha value is -1.97. The monoisotopic (exact) mass is 479 g/mol. The smallest absolute Gasteiger partial charge is 0.276 e. The number of rotatable bonds is 1. The molecule has 0 atom stereocenters. The Morgan fingerprint density at radius 1 is 1.20 bits per heavy atom. The quantitative estimate of drug-likeness (QED) is 0.419. The summed E-state index contributed by atoms with van der Waals surface area (Å²) in [4.78, 5) is 22.2. The average Bonchev–Trinajstić information content (AvgIpc) is 3.23. The maximum atomic E-state index is 12.8. The van der Waals surface area contributed by atoms with Crippen LogP contribution in [0.2, 0.25) is 0 Å². The van der Waals surface area contributed by atoms with E-state index in [1.54, 1.807) is 10.6 Å². The molecule has 0 saturated heterocycles. The Kier molecular flexibility index (Phi) is 3.37. The van der Waals surface area contributed by atoms with E-state index < -0.39 is 0 Å². The molecule has 0 saturated carbocycles. The van der Waals surface area contributed by atoms with Crippen molar-refractivity contribution in [2.24, 2.45) is 0 Å². The van der Waals surface area contributed by atoms with Gasteiger partial charge in [0.2, 0.25) is 6.79 Å². The molecular formula is C16H7Br2N3O3S. The van der Waals surface area contributed by atoms with Crippen molar-refractivity contribution in [3.63, 3.8) is 0 Å². The van der Waals surface area contributed by atoms with Gasteiger partial charge in [0, 0.05) is 15.1 Å². The zero-order valence-corrected chi connectivity index (χ0v) is 16.3. The molecule has 6 nitrogen and oxygen atoms in total. The third kappa shape index (κ3) is 2.37. The third-order valence-electron chi connectivity index (χ3n) is 3.83. The summed E-state index contributed by atoms with van der Waals surface area (Å²) in [6.45, 7) is 0.206. The van der Waals surface area contributed by atoms with Gasteiger partial charge in [-0.05, 0) is 45.8 Å². The topological polar surface area (TPSA) is 65.7 Å². The highest BCUT2D eigenvalue weighted by atomic mass is 79.9. The van der Waals surface area contributed by atoms with Crippen LogP contribution in [0, 0.1) is 0 Å². The fourth-order valence-corrected chi connectivity index (χ4v) is 4.42. The van der Waals surface area contributed by atoms with E-state index in [9.17, 15) is 4.79 Å². The number of imidazole rings is 1. The number of benzene rings is 1. The van der Waals surface area contributed by atoms with Gasteiger partial charge in [0.1, 0.15) is 5.52 Å². The van der Waals surface area contributed by atoms with E-state index in [1.165, 1.54) is 11.3 Å². The molecule has 3 aromatic heterocycles. The Bertz CT molecular complexity index is 1280. The molecule has 0 N–H and O–H groups in total. The highest BCUT2D eigenvalue weighted by Gasteiger charge is 2.17. The first-order chi connectivity index (χ1) is 12.1. The first kappa shape index (κ1) is 15.3. The van der Waals surface area contributed by atoms with E-state index in [4.69, 9.17) is 9.47 Å². The number of fused-ring (bicyclic) bond motifs is 4. The van der Waals surface area contributed by atoms with Gasteiger partial charge in [0.05, 0.1) is 4.53 Å². The van der Waals surface area contributed by atoms with Crippen LogP contribution in [0.5, 0.6) is 11.5 Å². The standard InChI is InChI=1S/C16H7Br2N3O3S/c17-8-3-10-14(19-5-8)21-15(22)13(25-16(21)20-10)2-7-1-11-12(4-9(7)18)24-6-23-11/h1-5H,6H2. The van der Waals surface area contributed by atoms with Crippen LogP contribution in [0.25, 0.3) is 22.2 Å². The van der Waals surface area contributed by atoms with E-state index in [2.05, 4.69) is 41.8 Å². The molecule has 1 aliphatic rings. The summed E-state index contributed by atoms with van der Waals surface area (Å²) in [5.74, 6) is 1.35. The van der Waals surface area contributed by atoms with E-state index in [0.29, 0.717) is 32.2 Å². The molecule has 124 valence electrons. The molecule has 0 aliphatic carbocycles. The van der Waals surface area contributed by atoms with Crippen molar-refractivity contribution < 1.29 is 9.47 Å². The number of aromatic nitrogens is 3. The number of pyridine rings is 1. The molecule has 4 heterocycles. The minimum atomic E-state index is -0.137. The second-order valence-electron chi connectivity index (χ2n) is 5.37. The third-order valence-corrected chi connectivity index (χ3v) is 5.92.